The first kappa shape index (κ1) is 22.2. The minimum absolute atomic E-state index is 0.0458. The van der Waals surface area contributed by atoms with Crippen LogP contribution in [0.2, 0.25) is 0 Å². The van der Waals surface area contributed by atoms with Crippen LogP contribution in [-0.4, -0.2) is 74.4 Å². The van der Waals surface area contributed by atoms with Gasteiger partial charge in [-0.15, -0.1) is 0 Å². The van der Waals surface area contributed by atoms with Crippen molar-refractivity contribution in [3.05, 3.63) is 40.2 Å². The van der Waals surface area contributed by atoms with Gasteiger partial charge in [0.2, 0.25) is 0 Å². The molecule has 1 aromatic carbocycles. The maximum absolute atomic E-state index is 12.0. The molecule has 0 aliphatic carbocycles. The fourth-order valence-electron chi connectivity index (χ4n) is 3.30. The van der Waals surface area contributed by atoms with Crippen molar-refractivity contribution >= 4 is 16.9 Å². The van der Waals surface area contributed by atoms with Crippen molar-refractivity contribution in [3.8, 4) is 5.75 Å². The molecule has 7 N–H and O–H groups in total. The lowest BCUT2D eigenvalue weighted by atomic mass is 9.89. The Morgan fingerprint density at radius 2 is 2.07 bits per heavy atom. The zero-order chi connectivity index (χ0) is 22.2. The molecule has 0 saturated carbocycles. The minimum atomic E-state index is -2.46. The Balaban J connectivity index is 1.97. The lowest BCUT2D eigenvalue weighted by molar-refractivity contribution is -0.282. The second-order valence-corrected chi connectivity index (χ2v) is 7.25. The van der Waals surface area contributed by atoms with Crippen molar-refractivity contribution in [1.29, 1.82) is 0 Å². The Kier molecular flexibility index (Phi) is 6.13. The van der Waals surface area contributed by atoms with Gasteiger partial charge in [0.25, 0.3) is 0 Å². The van der Waals surface area contributed by atoms with Crippen LogP contribution in [0.1, 0.15) is 12.0 Å². The molecule has 0 bridgehead atoms. The van der Waals surface area contributed by atoms with Crippen molar-refractivity contribution in [2.45, 2.75) is 49.6 Å². The van der Waals surface area contributed by atoms with Crippen LogP contribution in [0.4, 0.5) is 0 Å². The number of benzene rings is 1. The number of hydrogen-bond donors (Lipinski definition) is 6. The Bertz CT molecular complexity index is 991. The number of carbonyl (C=O) groups is 1. The Labute approximate surface area is 169 Å². The maximum Gasteiger partial charge on any atom is 0.377 e. The molecule has 0 radical (unpaired) electrons. The van der Waals surface area contributed by atoms with E-state index in [2.05, 4.69) is 0 Å². The van der Waals surface area contributed by atoms with E-state index < -0.39 is 60.9 Å². The van der Waals surface area contributed by atoms with E-state index in [0.29, 0.717) is 10.9 Å². The van der Waals surface area contributed by atoms with Crippen LogP contribution in [-0.2, 0) is 9.53 Å². The van der Waals surface area contributed by atoms with Gasteiger partial charge in [-0.25, -0.2) is 9.59 Å². The van der Waals surface area contributed by atoms with Crippen LogP contribution in [0.5, 0.6) is 5.75 Å². The number of nitrogens with two attached hydrogens (primary N) is 1. The van der Waals surface area contributed by atoms with Gasteiger partial charge in [0, 0.05) is 17.0 Å². The second kappa shape index (κ2) is 8.30. The fourth-order valence-corrected chi connectivity index (χ4v) is 3.30. The predicted molar refractivity (Wildman–Crippen MR) is 101 cm³/mol. The fraction of sp³-hybridized carbons (Fsp3) is 0.474. The molecule has 6 atom stereocenters. The highest BCUT2D eigenvalue weighted by Crippen LogP contribution is 2.34. The Morgan fingerprint density at radius 3 is 2.70 bits per heavy atom. The average Bonchev–Trinajstić information content (AvgIpc) is 2.70. The highest BCUT2D eigenvalue weighted by atomic mass is 16.7. The van der Waals surface area contributed by atoms with Gasteiger partial charge in [0.1, 0.15) is 29.6 Å². The number of aliphatic hydroxyl groups excluding tert-OH is 4. The summed E-state index contributed by atoms with van der Waals surface area (Å²) in [5, 5.41) is 49.6. The Morgan fingerprint density at radius 1 is 1.37 bits per heavy atom. The number of carboxylic acid groups (broad SMARTS) is 1. The molecule has 1 aromatic heterocycles. The van der Waals surface area contributed by atoms with Gasteiger partial charge >= 0.3 is 17.4 Å². The number of fused-ring (bicyclic) bond motifs is 1. The molecule has 1 aliphatic heterocycles. The largest absolute Gasteiger partial charge is 0.476 e. The van der Waals surface area contributed by atoms with E-state index in [4.69, 9.17) is 24.7 Å². The van der Waals surface area contributed by atoms with Crippen molar-refractivity contribution in [2.24, 2.45) is 5.73 Å². The molecular formula is C19H23NO10. The van der Waals surface area contributed by atoms with Gasteiger partial charge in [-0.1, -0.05) is 0 Å². The van der Waals surface area contributed by atoms with E-state index in [9.17, 15) is 30.0 Å². The minimum Gasteiger partial charge on any atom is -0.476 e. The third-order valence-electron chi connectivity index (χ3n) is 5.04. The number of aliphatic carboxylic acids is 1. The molecule has 164 valence electrons. The lowest BCUT2D eigenvalue weighted by Crippen LogP contribution is -2.67. The number of ether oxygens (including phenoxy) is 2. The number of aryl methyl sites for hydroxylation is 1. The van der Waals surface area contributed by atoms with E-state index in [1.165, 1.54) is 12.1 Å². The molecule has 0 amide bonds. The number of hydrogen-bond acceptors (Lipinski definition) is 10. The molecular weight excluding hydrogens is 402 g/mol. The second-order valence-electron chi connectivity index (χ2n) is 7.25. The first-order valence-corrected chi connectivity index (χ1v) is 9.13. The molecule has 2 heterocycles. The van der Waals surface area contributed by atoms with E-state index in [1.807, 2.05) is 0 Å². The SMILES string of the molecule is Cc1cc2ccc(O[C@@]3(C(=O)O)C[C@H](O)[C@@H](N)[C@H]([C@H](O)[C@H](O)CO)O3)cc2oc1=O. The first-order valence-electron chi connectivity index (χ1n) is 9.13. The quantitative estimate of drug-likeness (QED) is 0.294. The van der Waals surface area contributed by atoms with E-state index in [-0.39, 0.29) is 11.3 Å². The number of carboxylic acids is 1. The normalized spacial score (nSPS) is 28.8. The third-order valence-corrected chi connectivity index (χ3v) is 5.04. The summed E-state index contributed by atoms with van der Waals surface area (Å²) in [4.78, 5) is 23.8. The van der Waals surface area contributed by atoms with Crippen molar-refractivity contribution in [3.63, 3.8) is 0 Å². The molecule has 11 heteroatoms. The van der Waals surface area contributed by atoms with Gasteiger partial charge in [-0.05, 0) is 25.1 Å². The zero-order valence-corrected chi connectivity index (χ0v) is 16.0. The zero-order valence-electron chi connectivity index (χ0n) is 16.0. The maximum atomic E-state index is 12.0. The number of rotatable bonds is 6. The molecule has 1 saturated heterocycles. The highest BCUT2D eigenvalue weighted by Gasteiger charge is 2.55. The molecule has 3 rings (SSSR count). The van der Waals surface area contributed by atoms with Crippen LogP contribution in [0, 0.1) is 6.92 Å². The van der Waals surface area contributed by atoms with Crippen molar-refractivity contribution in [2.75, 3.05) is 6.61 Å². The van der Waals surface area contributed by atoms with E-state index in [1.54, 1.807) is 19.1 Å². The third kappa shape index (κ3) is 4.03. The summed E-state index contributed by atoms with van der Waals surface area (Å²) >= 11 is 0. The molecule has 0 spiro atoms. The van der Waals surface area contributed by atoms with Crippen LogP contribution in [0.25, 0.3) is 11.0 Å². The van der Waals surface area contributed by atoms with E-state index >= 15 is 0 Å². The average molecular weight is 425 g/mol. The van der Waals surface area contributed by atoms with E-state index in [0.717, 1.165) is 0 Å². The standard InChI is InChI=1S/C19H23NO10/c1-8-4-9-2-3-10(5-13(9)28-17(8)25)29-19(18(26)27)6-11(22)14(20)16(30-19)15(24)12(23)7-21/h2-5,11-12,14-16,21-24H,6-7,20H2,1H3,(H,26,27)/t11-,12+,14+,15+,16+,19-/m0/s1. The summed E-state index contributed by atoms with van der Waals surface area (Å²) in [7, 11) is 0. The van der Waals surface area contributed by atoms with Crippen LogP contribution in [0.15, 0.2) is 33.5 Å². The summed E-state index contributed by atoms with van der Waals surface area (Å²) in [6, 6.07) is 4.60. The highest BCUT2D eigenvalue weighted by molar-refractivity contribution is 5.79. The summed E-state index contributed by atoms with van der Waals surface area (Å²) < 4.78 is 16.1. The molecule has 30 heavy (non-hydrogen) atoms. The summed E-state index contributed by atoms with van der Waals surface area (Å²) in [5.74, 6) is -4.13. The van der Waals surface area contributed by atoms with Gasteiger partial charge in [0.05, 0.1) is 25.2 Å². The summed E-state index contributed by atoms with van der Waals surface area (Å²) in [5.41, 5.74) is 5.78. The van der Waals surface area contributed by atoms with Crippen LogP contribution < -0.4 is 16.1 Å². The summed E-state index contributed by atoms with van der Waals surface area (Å²) in [6.07, 6.45) is -7.09. The van der Waals surface area contributed by atoms with Gasteiger partial charge in [0.15, 0.2) is 0 Å². The monoisotopic (exact) mass is 425 g/mol. The van der Waals surface area contributed by atoms with Crippen LogP contribution in [0.3, 0.4) is 0 Å². The van der Waals surface area contributed by atoms with Gasteiger partial charge in [-0.2, -0.15) is 0 Å². The first-order chi connectivity index (χ1) is 14.1. The van der Waals surface area contributed by atoms with Gasteiger partial charge < -0.3 is 45.2 Å². The molecule has 1 aliphatic rings. The van der Waals surface area contributed by atoms with Crippen molar-refractivity contribution < 1.29 is 44.2 Å². The predicted octanol–water partition coefficient (Wildman–Crippen LogP) is -1.55. The molecule has 1 fully saturated rings. The molecule has 11 nitrogen and oxygen atoms in total. The summed E-state index contributed by atoms with van der Waals surface area (Å²) in [6.45, 7) is 0.746. The van der Waals surface area contributed by atoms with Crippen LogP contribution >= 0.6 is 0 Å². The topological polar surface area (TPSA) is 193 Å². The Hall–Kier alpha value is -2.54. The molecule has 0 unspecified atom stereocenters. The van der Waals surface area contributed by atoms with Crippen molar-refractivity contribution in [1.82, 2.24) is 0 Å². The number of aliphatic hydroxyl groups is 4. The van der Waals surface area contributed by atoms with Gasteiger partial charge in [-0.3, -0.25) is 0 Å². The lowest BCUT2D eigenvalue weighted by Gasteiger charge is -2.45. The molecule has 2 aromatic rings. The smallest absolute Gasteiger partial charge is 0.377 e.